The summed E-state index contributed by atoms with van der Waals surface area (Å²) >= 11 is 12.9. The lowest BCUT2D eigenvalue weighted by Gasteiger charge is -2.13. The molecule has 0 saturated carbocycles. The molecule has 0 aromatic heterocycles. The summed E-state index contributed by atoms with van der Waals surface area (Å²) < 4.78 is 13.7. The van der Waals surface area contributed by atoms with Crippen LogP contribution < -0.4 is 0 Å². The third-order valence-electron chi connectivity index (χ3n) is 2.59. The van der Waals surface area contributed by atoms with E-state index >= 15 is 0 Å². The summed E-state index contributed by atoms with van der Waals surface area (Å²) in [5.74, 6) is -0.263. The molecule has 0 nitrogen and oxygen atoms in total. The van der Waals surface area contributed by atoms with Crippen molar-refractivity contribution in [2.45, 2.75) is 11.8 Å². The van der Waals surface area contributed by atoms with E-state index in [2.05, 4.69) is 37.9 Å². The molecule has 0 fully saturated rings. The highest BCUT2D eigenvalue weighted by molar-refractivity contribution is 9.10. The van der Waals surface area contributed by atoms with Crippen molar-refractivity contribution in [2.75, 3.05) is 0 Å². The monoisotopic (exact) mass is 390 g/mol. The summed E-state index contributed by atoms with van der Waals surface area (Å²) in [6.07, 6.45) is 0. The molecule has 18 heavy (non-hydrogen) atoms. The quantitative estimate of drug-likeness (QED) is 0.547. The molecule has 0 amide bonds. The van der Waals surface area contributed by atoms with E-state index in [1.807, 2.05) is 19.1 Å². The van der Waals surface area contributed by atoms with E-state index in [0.717, 1.165) is 16.7 Å². The first-order chi connectivity index (χ1) is 8.47. The highest BCUT2D eigenvalue weighted by atomic mass is 79.9. The average molecular weight is 392 g/mol. The first kappa shape index (κ1) is 14.0. The van der Waals surface area contributed by atoms with Gasteiger partial charge in [-0.25, -0.2) is 4.39 Å². The zero-order valence-electron chi connectivity index (χ0n) is 9.55. The summed E-state index contributed by atoms with van der Waals surface area (Å²) in [6.45, 7) is 2.00. The summed E-state index contributed by atoms with van der Waals surface area (Å²) in [6, 6.07) is 10.9. The lowest BCUT2D eigenvalue weighted by molar-refractivity contribution is 0.620. The average Bonchev–Trinajstić information content (AvgIpc) is 2.30. The van der Waals surface area contributed by atoms with Crippen molar-refractivity contribution in [3.05, 3.63) is 68.4 Å². The van der Waals surface area contributed by atoms with Crippen LogP contribution in [0.1, 0.15) is 21.5 Å². The van der Waals surface area contributed by atoms with Crippen molar-refractivity contribution in [2.24, 2.45) is 0 Å². The number of hydrogen-bond acceptors (Lipinski definition) is 0. The molecule has 4 heteroatoms. The minimum Gasteiger partial charge on any atom is -0.206 e. The highest BCUT2D eigenvalue weighted by Crippen LogP contribution is 2.34. The molecule has 1 atom stereocenters. The van der Waals surface area contributed by atoms with Crippen molar-refractivity contribution in [1.29, 1.82) is 0 Å². The van der Waals surface area contributed by atoms with Gasteiger partial charge in [0.15, 0.2) is 0 Å². The number of halogens is 4. The van der Waals surface area contributed by atoms with Crippen LogP contribution in [0.3, 0.4) is 0 Å². The molecule has 2 aromatic rings. The molecule has 1 unspecified atom stereocenters. The van der Waals surface area contributed by atoms with Gasteiger partial charge in [-0.05, 0) is 63.8 Å². The van der Waals surface area contributed by atoms with E-state index in [1.54, 1.807) is 12.1 Å². The molecule has 2 rings (SSSR count). The van der Waals surface area contributed by atoms with Crippen LogP contribution in [-0.4, -0.2) is 0 Å². The van der Waals surface area contributed by atoms with E-state index in [4.69, 9.17) is 11.6 Å². The van der Waals surface area contributed by atoms with Gasteiger partial charge in [0.25, 0.3) is 0 Å². The van der Waals surface area contributed by atoms with Crippen molar-refractivity contribution >= 4 is 43.5 Å². The van der Waals surface area contributed by atoms with Gasteiger partial charge in [0, 0.05) is 5.02 Å². The molecule has 94 valence electrons. The molecule has 0 aliphatic heterocycles. The summed E-state index contributed by atoms with van der Waals surface area (Å²) in [4.78, 5) is -0.00759. The van der Waals surface area contributed by atoms with Gasteiger partial charge in [-0.1, -0.05) is 39.7 Å². The summed E-state index contributed by atoms with van der Waals surface area (Å²) in [7, 11) is 0. The zero-order valence-corrected chi connectivity index (χ0v) is 13.5. The van der Waals surface area contributed by atoms with Crippen LogP contribution >= 0.6 is 43.5 Å². The van der Waals surface area contributed by atoms with E-state index in [9.17, 15) is 4.39 Å². The van der Waals surface area contributed by atoms with Crippen molar-refractivity contribution in [3.8, 4) is 0 Å². The van der Waals surface area contributed by atoms with Crippen molar-refractivity contribution in [1.82, 2.24) is 0 Å². The lowest BCUT2D eigenvalue weighted by atomic mass is 10.0. The number of rotatable bonds is 2. The fourth-order valence-corrected chi connectivity index (χ4v) is 3.02. The lowest BCUT2D eigenvalue weighted by Crippen LogP contribution is -1.94. The number of benzene rings is 2. The fourth-order valence-electron chi connectivity index (χ4n) is 1.77. The normalized spacial score (nSPS) is 12.5. The molecule has 0 radical (unpaired) electrons. The maximum absolute atomic E-state index is 13.2. The SMILES string of the molecule is Cc1cc(Cl)cc(C(Br)c2ccc(F)c(Br)c2)c1. The molecule has 0 N–H and O–H groups in total. The molecule has 0 spiro atoms. The van der Waals surface area contributed by atoms with Crippen molar-refractivity contribution in [3.63, 3.8) is 0 Å². The predicted octanol–water partition coefficient (Wildman–Crippen LogP) is 6.03. The Labute approximate surface area is 127 Å². The second-order valence-corrected chi connectivity index (χ2v) is 6.30. The first-order valence-corrected chi connectivity index (χ1v) is 7.42. The highest BCUT2D eigenvalue weighted by Gasteiger charge is 2.13. The van der Waals surface area contributed by atoms with Crippen LogP contribution in [-0.2, 0) is 0 Å². The van der Waals surface area contributed by atoms with Crippen molar-refractivity contribution < 1.29 is 4.39 Å². The first-order valence-electron chi connectivity index (χ1n) is 5.33. The second kappa shape index (κ2) is 5.72. The predicted molar refractivity (Wildman–Crippen MR) is 81.1 cm³/mol. The van der Waals surface area contributed by atoms with Gasteiger partial charge in [0.1, 0.15) is 5.82 Å². The van der Waals surface area contributed by atoms with Gasteiger partial charge in [0.05, 0.1) is 9.30 Å². The second-order valence-electron chi connectivity index (χ2n) is 4.10. The third kappa shape index (κ3) is 3.14. The number of hydrogen-bond donors (Lipinski definition) is 0. The Morgan fingerprint density at radius 3 is 2.44 bits per heavy atom. The standard InChI is InChI=1S/C14H10Br2ClF/c1-8-4-10(6-11(17)5-8)14(16)9-2-3-13(18)12(15)7-9/h2-7,14H,1H3. The van der Waals surface area contributed by atoms with Crippen LogP contribution in [0.25, 0.3) is 0 Å². The van der Waals surface area contributed by atoms with Gasteiger partial charge < -0.3 is 0 Å². The molecular weight excluding hydrogens is 382 g/mol. The molecule has 0 saturated heterocycles. The Kier molecular flexibility index (Phi) is 4.46. The molecular formula is C14H10Br2ClF. The zero-order chi connectivity index (χ0) is 13.3. The van der Waals surface area contributed by atoms with Crippen LogP contribution in [0, 0.1) is 12.7 Å². The summed E-state index contributed by atoms with van der Waals surface area (Å²) in [5.41, 5.74) is 3.13. The summed E-state index contributed by atoms with van der Waals surface area (Å²) in [5, 5.41) is 0.704. The van der Waals surface area contributed by atoms with E-state index in [-0.39, 0.29) is 10.6 Å². The Morgan fingerprint density at radius 2 is 1.83 bits per heavy atom. The van der Waals surface area contributed by atoms with E-state index in [1.165, 1.54) is 6.07 Å². The Hall–Kier alpha value is -0.380. The van der Waals surface area contributed by atoms with Gasteiger partial charge in [0.2, 0.25) is 0 Å². The number of alkyl halides is 1. The van der Waals surface area contributed by atoms with E-state index < -0.39 is 0 Å². The minimum atomic E-state index is -0.263. The Bertz CT molecular complexity index is 564. The molecule has 2 aromatic carbocycles. The third-order valence-corrected chi connectivity index (χ3v) is 4.48. The molecule has 0 heterocycles. The Balaban J connectivity index is 2.40. The van der Waals surface area contributed by atoms with Gasteiger partial charge in [-0.2, -0.15) is 0 Å². The van der Waals surface area contributed by atoms with Gasteiger partial charge in [-0.3, -0.25) is 0 Å². The Morgan fingerprint density at radius 1 is 1.11 bits per heavy atom. The van der Waals surface area contributed by atoms with Gasteiger partial charge in [-0.15, -0.1) is 0 Å². The molecule has 0 bridgehead atoms. The van der Waals surface area contributed by atoms with Gasteiger partial charge >= 0.3 is 0 Å². The van der Waals surface area contributed by atoms with Crippen LogP contribution in [0.15, 0.2) is 40.9 Å². The van der Waals surface area contributed by atoms with Crippen LogP contribution in [0.4, 0.5) is 4.39 Å². The minimum absolute atomic E-state index is 0.00759. The van der Waals surface area contributed by atoms with Crippen LogP contribution in [0.2, 0.25) is 5.02 Å². The smallest absolute Gasteiger partial charge is 0.137 e. The number of aryl methyl sites for hydroxylation is 1. The molecule has 0 aliphatic rings. The topological polar surface area (TPSA) is 0 Å². The molecule has 0 aliphatic carbocycles. The maximum Gasteiger partial charge on any atom is 0.137 e. The van der Waals surface area contributed by atoms with E-state index in [0.29, 0.717) is 9.50 Å². The van der Waals surface area contributed by atoms with Crippen LogP contribution in [0.5, 0.6) is 0 Å². The maximum atomic E-state index is 13.2. The fraction of sp³-hybridized carbons (Fsp3) is 0.143. The largest absolute Gasteiger partial charge is 0.206 e.